The molecule has 64 heavy (non-hydrogen) atoms. The number of para-hydroxylation sites is 1. The Balaban J connectivity index is 0.996. The lowest BCUT2D eigenvalue weighted by atomic mass is 9.99. The van der Waals surface area contributed by atoms with Crippen LogP contribution in [0.1, 0.15) is 15.9 Å². The van der Waals surface area contributed by atoms with Crippen molar-refractivity contribution >= 4 is 109 Å². The number of carbonyl (C=O) groups is 1. The predicted octanol–water partition coefficient (Wildman–Crippen LogP) is 16.4. The molecular formula is C54H34O8P2. The Kier molecular flexibility index (Phi) is 9.15. The van der Waals surface area contributed by atoms with Crippen molar-refractivity contribution in [3.8, 4) is 17.2 Å². The van der Waals surface area contributed by atoms with Crippen molar-refractivity contribution in [1.29, 1.82) is 0 Å². The molecule has 0 atom stereocenters. The number of ether oxygens (including phenoxy) is 1. The Morgan fingerprint density at radius 1 is 0.391 bits per heavy atom. The van der Waals surface area contributed by atoms with Crippen molar-refractivity contribution < 1.29 is 35.4 Å². The van der Waals surface area contributed by atoms with Crippen LogP contribution in [-0.2, 0) is 0 Å². The van der Waals surface area contributed by atoms with Gasteiger partial charge in [-0.15, -0.1) is 0 Å². The molecule has 8 nitrogen and oxygen atoms in total. The van der Waals surface area contributed by atoms with E-state index < -0.39 is 16.5 Å². The first kappa shape index (κ1) is 37.8. The molecule has 0 bridgehead atoms. The minimum atomic E-state index is -2.16. The summed E-state index contributed by atoms with van der Waals surface area (Å²) in [6.07, 6.45) is 0. The van der Waals surface area contributed by atoms with Gasteiger partial charge in [-0.2, -0.15) is 0 Å². The lowest BCUT2D eigenvalue weighted by Gasteiger charge is -2.12. The van der Waals surface area contributed by atoms with Gasteiger partial charge in [-0.1, -0.05) is 133 Å². The standard InChI is InChI=1S/C54H34O8P2/c1-56-37-26-27-43(49(32-37)62-64-60-47-30-24-35-14-4-8-18-40(35)52(47)53-41-19-9-5-15-36(41)25-31-48(53)61-64)54(55)42-20-10-11-21-44(42)57-63-58-45-28-22-33-12-2-6-16-38(33)50(45)51-39-17-7-3-13-34(39)23-29-46(51)59-63/h2-32H,1H3. The molecule has 2 heterocycles. The maximum atomic E-state index is 14.9. The highest BCUT2D eigenvalue weighted by Crippen LogP contribution is 2.46. The van der Waals surface area contributed by atoms with E-state index in [0.717, 1.165) is 64.6 Å². The largest absolute Gasteiger partial charge is 0.497 e. The lowest BCUT2D eigenvalue weighted by molar-refractivity contribution is 0.103. The highest BCUT2D eigenvalue weighted by Gasteiger charge is 2.24. The molecule has 12 rings (SSSR count). The van der Waals surface area contributed by atoms with Gasteiger partial charge in [0.2, 0.25) is 5.78 Å². The van der Waals surface area contributed by atoms with E-state index in [-0.39, 0.29) is 28.4 Å². The quantitative estimate of drug-likeness (QED) is 0.146. The zero-order valence-electron chi connectivity index (χ0n) is 34.1. The van der Waals surface area contributed by atoms with Crippen LogP contribution in [-0.4, -0.2) is 12.9 Å². The van der Waals surface area contributed by atoms with Crippen LogP contribution in [0.3, 0.4) is 0 Å². The Hall–Kier alpha value is -7.89. The zero-order valence-corrected chi connectivity index (χ0v) is 35.8. The summed E-state index contributed by atoms with van der Waals surface area (Å²) in [5.74, 6) is 0.616. The number of methoxy groups -OCH3 is 1. The summed E-state index contributed by atoms with van der Waals surface area (Å²) >= 11 is 0. The van der Waals surface area contributed by atoms with Gasteiger partial charge in [-0.25, -0.2) is 0 Å². The van der Waals surface area contributed by atoms with Gasteiger partial charge in [0.15, 0.2) is 5.75 Å². The topological polar surface area (TPSA) is 97.3 Å². The number of ketones is 1. The number of carbonyl (C=O) groups excluding carboxylic acids is 1. The first-order valence-corrected chi connectivity index (χ1v) is 22.8. The van der Waals surface area contributed by atoms with Crippen LogP contribution in [0.4, 0.5) is 0 Å². The number of hydrogen-bond donors (Lipinski definition) is 0. The first-order chi connectivity index (χ1) is 31.6. The predicted molar refractivity (Wildman–Crippen MR) is 258 cm³/mol. The molecule has 0 aliphatic rings. The van der Waals surface area contributed by atoms with Crippen molar-refractivity contribution in [1.82, 2.24) is 0 Å². The molecule has 10 aromatic carbocycles. The summed E-state index contributed by atoms with van der Waals surface area (Å²) in [5.41, 5.74) is 2.96. The van der Waals surface area contributed by atoms with Gasteiger partial charge >= 0.3 is 16.5 Å². The molecular weight excluding hydrogens is 839 g/mol. The van der Waals surface area contributed by atoms with Crippen molar-refractivity contribution in [3.63, 3.8) is 0 Å². The number of hydrogen-bond acceptors (Lipinski definition) is 8. The summed E-state index contributed by atoms with van der Waals surface area (Å²) in [4.78, 5) is 14.9. The van der Waals surface area contributed by atoms with E-state index in [4.69, 9.17) is 30.6 Å². The molecule has 308 valence electrons. The summed E-state index contributed by atoms with van der Waals surface area (Å²) in [6.45, 7) is 0. The first-order valence-electron chi connectivity index (χ1n) is 20.7. The third kappa shape index (κ3) is 6.43. The normalized spacial score (nSPS) is 11.6. The Morgan fingerprint density at radius 2 is 0.750 bits per heavy atom. The van der Waals surface area contributed by atoms with Gasteiger partial charge < -0.3 is 30.6 Å². The van der Waals surface area contributed by atoms with E-state index in [1.807, 2.05) is 103 Å². The zero-order chi connectivity index (χ0) is 42.7. The Bertz CT molecular complexity index is 3750. The summed E-state index contributed by atoms with van der Waals surface area (Å²) < 4.78 is 45.6. The molecule has 0 radical (unpaired) electrons. The summed E-state index contributed by atoms with van der Waals surface area (Å²) in [5, 5.41) is 12.0. The molecule has 0 fully saturated rings. The maximum Gasteiger partial charge on any atom is 0.453 e. The van der Waals surface area contributed by atoms with Crippen LogP contribution in [0.2, 0.25) is 0 Å². The summed E-state index contributed by atoms with van der Waals surface area (Å²) in [7, 11) is -2.71. The van der Waals surface area contributed by atoms with E-state index in [9.17, 15) is 4.79 Å². The highest BCUT2D eigenvalue weighted by atomic mass is 31.1. The molecule has 0 aliphatic heterocycles. The Labute approximate surface area is 366 Å². The number of fused-ring (bicyclic) bond motifs is 14. The molecule has 0 spiro atoms. The van der Waals surface area contributed by atoms with Gasteiger partial charge in [0.1, 0.15) is 33.8 Å². The maximum absolute atomic E-state index is 14.9. The fourth-order valence-corrected chi connectivity index (χ4v) is 10.8. The molecule has 0 saturated carbocycles. The lowest BCUT2D eigenvalue weighted by Crippen LogP contribution is -2.05. The SMILES string of the molecule is COc1ccc(C(=O)c2ccccc2Op2oc3ccc4ccccc4c3c3c(ccc4ccccc43)o2)c(Op2oc3ccc4ccccc4c3c3c(ccc4ccccc43)o2)c1. The van der Waals surface area contributed by atoms with Gasteiger partial charge in [-0.3, -0.25) is 4.79 Å². The van der Waals surface area contributed by atoms with Crippen LogP contribution in [0.5, 0.6) is 17.2 Å². The van der Waals surface area contributed by atoms with E-state index >= 15 is 0 Å². The van der Waals surface area contributed by atoms with E-state index in [1.165, 1.54) is 0 Å². The van der Waals surface area contributed by atoms with Crippen molar-refractivity contribution in [2.45, 2.75) is 0 Å². The van der Waals surface area contributed by atoms with Gasteiger partial charge in [-0.05, 0) is 91.6 Å². The van der Waals surface area contributed by atoms with Gasteiger partial charge in [0.25, 0.3) is 0 Å². The van der Waals surface area contributed by atoms with E-state index in [0.29, 0.717) is 28.1 Å². The van der Waals surface area contributed by atoms with Crippen LogP contribution in [0.25, 0.3) is 87.0 Å². The third-order valence-corrected chi connectivity index (χ3v) is 13.7. The van der Waals surface area contributed by atoms with Crippen molar-refractivity contribution in [2.24, 2.45) is 0 Å². The monoisotopic (exact) mass is 872 g/mol. The molecule has 0 aliphatic carbocycles. The van der Waals surface area contributed by atoms with Crippen molar-refractivity contribution in [2.75, 3.05) is 7.11 Å². The molecule has 0 unspecified atom stereocenters. The van der Waals surface area contributed by atoms with Crippen LogP contribution >= 0.6 is 16.5 Å². The Morgan fingerprint density at radius 3 is 1.17 bits per heavy atom. The minimum Gasteiger partial charge on any atom is -0.497 e. The number of benzene rings is 10. The van der Waals surface area contributed by atoms with Gasteiger partial charge in [0, 0.05) is 27.6 Å². The average molecular weight is 873 g/mol. The second-order valence-electron chi connectivity index (χ2n) is 15.3. The number of rotatable bonds is 7. The van der Waals surface area contributed by atoms with Gasteiger partial charge in [0.05, 0.1) is 18.2 Å². The third-order valence-electron chi connectivity index (χ3n) is 11.7. The van der Waals surface area contributed by atoms with E-state index in [2.05, 4.69) is 48.5 Å². The summed E-state index contributed by atoms with van der Waals surface area (Å²) in [6, 6.07) is 60.9. The fourth-order valence-electron chi connectivity index (χ4n) is 8.71. The molecule has 0 saturated heterocycles. The smallest absolute Gasteiger partial charge is 0.453 e. The average Bonchev–Trinajstić information content (AvgIpc) is 3.61. The van der Waals surface area contributed by atoms with E-state index in [1.54, 1.807) is 43.5 Å². The van der Waals surface area contributed by atoms with Crippen LogP contribution < -0.4 is 13.8 Å². The molecule has 10 heteroatoms. The minimum absolute atomic E-state index is 0.214. The second kappa shape index (κ2) is 15.5. The highest BCUT2D eigenvalue weighted by molar-refractivity contribution is 7.32. The molecule has 0 N–H and O–H groups in total. The van der Waals surface area contributed by atoms with Crippen LogP contribution in [0, 0.1) is 0 Å². The second-order valence-corrected chi connectivity index (χ2v) is 17.3. The fraction of sp³-hybridized carbons (Fsp3) is 0.0185. The van der Waals surface area contributed by atoms with Crippen LogP contribution in [0.15, 0.2) is 205 Å². The molecule has 12 aromatic rings. The van der Waals surface area contributed by atoms with Crippen molar-refractivity contribution in [3.05, 3.63) is 199 Å². The molecule has 2 aromatic heterocycles. The molecule has 0 amide bonds.